The number of benzene rings is 1. The van der Waals surface area contributed by atoms with Gasteiger partial charge in [-0.3, -0.25) is 4.79 Å². The normalized spacial score (nSPS) is 14.6. The predicted molar refractivity (Wildman–Crippen MR) is 108 cm³/mol. The van der Waals surface area contributed by atoms with E-state index in [1.54, 1.807) is 0 Å². The second-order valence-electron chi connectivity index (χ2n) is 7.66. The lowest BCUT2D eigenvalue weighted by Crippen LogP contribution is -2.40. The summed E-state index contributed by atoms with van der Waals surface area (Å²) in [5.41, 5.74) is 2.82. The zero-order chi connectivity index (χ0) is 18.5. The van der Waals surface area contributed by atoms with Crippen LogP contribution in [0.2, 0.25) is 0 Å². The van der Waals surface area contributed by atoms with Gasteiger partial charge in [0.15, 0.2) is 0 Å². The van der Waals surface area contributed by atoms with Crippen LogP contribution in [0, 0.1) is 6.92 Å². The first-order valence-corrected chi connectivity index (χ1v) is 10.7. The van der Waals surface area contributed by atoms with E-state index in [0.717, 1.165) is 25.9 Å². The largest absolute Gasteiger partial charge is 0.378 e. The summed E-state index contributed by atoms with van der Waals surface area (Å²) in [6.45, 7) is 5.12. The molecule has 0 saturated carbocycles. The van der Waals surface area contributed by atoms with Gasteiger partial charge in [-0.2, -0.15) is 0 Å². The first-order valence-electron chi connectivity index (χ1n) is 10.7. The zero-order valence-electron chi connectivity index (χ0n) is 16.7. The number of rotatable bonds is 12. The van der Waals surface area contributed by atoms with Gasteiger partial charge in [0.25, 0.3) is 0 Å². The fourth-order valence-corrected chi connectivity index (χ4v) is 3.57. The molecule has 1 aliphatic heterocycles. The van der Waals surface area contributed by atoms with Crippen molar-refractivity contribution >= 4 is 5.91 Å². The van der Waals surface area contributed by atoms with E-state index in [0.29, 0.717) is 19.1 Å². The number of unbranched alkanes of at least 4 members (excludes halogenated alkanes) is 8. The predicted octanol–water partition coefficient (Wildman–Crippen LogP) is 5.30. The van der Waals surface area contributed by atoms with E-state index in [9.17, 15) is 4.79 Å². The van der Waals surface area contributed by atoms with E-state index >= 15 is 0 Å². The molecule has 0 unspecified atom stereocenters. The highest BCUT2D eigenvalue weighted by Crippen LogP contribution is 2.13. The van der Waals surface area contributed by atoms with Crippen molar-refractivity contribution in [3.05, 3.63) is 35.4 Å². The van der Waals surface area contributed by atoms with Gasteiger partial charge in [0.05, 0.1) is 13.2 Å². The monoisotopic (exact) mass is 359 g/mol. The Balaban J connectivity index is 1.34. The SMILES string of the molecule is Cc1ccc(CCCCCCCCCCCC(=O)N2CCOCC2)cc1. The Labute approximate surface area is 160 Å². The van der Waals surface area contributed by atoms with E-state index in [2.05, 4.69) is 31.2 Å². The molecule has 0 spiro atoms. The molecular weight excluding hydrogens is 322 g/mol. The van der Waals surface area contributed by atoms with Gasteiger partial charge in [-0.25, -0.2) is 0 Å². The van der Waals surface area contributed by atoms with Crippen LogP contribution >= 0.6 is 0 Å². The second kappa shape index (κ2) is 12.9. The third-order valence-electron chi connectivity index (χ3n) is 5.34. The molecule has 1 aromatic rings. The number of hydrogen-bond donors (Lipinski definition) is 0. The molecule has 26 heavy (non-hydrogen) atoms. The number of carbonyl (C=O) groups excluding carboxylic acids is 1. The number of hydrogen-bond acceptors (Lipinski definition) is 2. The molecule has 0 aromatic heterocycles. The molecule has 1 amide bonds. The highest BCUT2D eigenvalue weighted by molar-refractivity contribution is 5.76. The molecule has 1 heterocycles. The van der Waals surface area contributed by atoms with E-state index in [1.165, 1.54) is 68.9 Å². The van der Waals surface area contributed by atoms with Crippen molar-refractivity contribution in [1.82, 2.24) is 4.90 Å². The molecule has 0 atom stereocenters. The van der Waals surface area contributed by atoms with Crippen LogP contribution in [-0.4, -0.2) is 37.1 Å². The fraction of sp³-hybridized carbons (Fsp3) is 0.696. The van der Waals surface area contributed by atoms with Gasteiger partial charge in [0.1, 0.15) is 0 Å². The molecule has 1 aromatic carbocycles. The number of ether oxygens (including phenoxy) is 1. The summed E-state index contributed by atoms with van der Waals surface area (Å²) < 4.78 is 5.29. The molecule has 3 heteroatoms. The molecule has 0 radical (unpaired) electrons. The van der Waals surface area contributed by atoms with E-state index in [4.69, 9.17) is 4.74 Å². The molecule has 0 N–H and O–H groups in total. The van der Waals surface area contributed by atoms with Crippen LogP contribution in [0.4, 0.5) is 0 Å². The number of morpholine rings is 1. The Bertz CT molecular complexity index is 491. The van der Waals surface area contributed by atoms with Crippen molar-refractivity contribution in [3.63, 3.8) is 0 Å². The van der Waals surface area contributed by atoms with Crippen molar-refractivity contribution in [2.45, 2.75) is 77.6 Å². The molecule has 2 rings (SSSR count). The van der Waals surface area contributed by atoms with Gasteiger partial charge in [-0.1, -0.05) is 74.8 Å². The maximum Gasteiger partial charge on any atom is 0.222 e. The summed E-state index contributed by atoms with van der Waals surface area (Å²) in [5.74, 6) is 0.321. The second-order valence-corrected chi connectivity index (χ2v) is 7.66. The summed E-state index contributed by atoms with van der Waals surface area (Å²) in [6, 6.07) is 8.95. The van der Waals surface area contributed by atoms with Gasteiger partial charge in [0, 0.05) is 19.5 Å². The Kier molecular flexibility index (Phi) is 10.4. The van der Waals surface area contributed by atoms with Gasteiger partial charge in [0.2, 0.25) is 5.91 Å². The van der Waals surface area contributed by atoms with E-state index < -0.39 is 0 Å². The third kappa shape index (κ3) is 8.84. The molecule has 3 nitrogen and oxygen atoms in total. The van der Waals surface area contributed by atoms with Crippen LogP contribution in [0.5, 0.6) is 0 Å². The number of amides is 1. The Hall–Kier alpha value is -1.35. The number of carbonyl (C=O) groups is 1. The maximum atomic E-state index is 12.0. The summed E-state index contributed by atoms with van der Waals surface area (Å²) in [7, 11) is 0. The van der Waals surface area contributed by atoms with Crippen LogP contribution in [0.15, 0.2) is 24.3 Å². The summed E-state index contributed by atoms with van der Waals surface area (Å²) in [5, 5.41) is 0. The average Bonchev–Trinajstić information content (AvgIpc) is 2.68. The van der Waals surface area contributed by atoms with Crippen molar-refractivity contribution in [1.29, 1.82) is 0 Å². The zero-order valence-corrected chi connectivity index (χ0v) is 16.7. The third-order valence-corrected chi connectivity index (χ3v) is 5.34. The van der Waals surface area contributed by atoms with Crippen molar-refractivity contribution in [2.24, 2.45) is 0 Å². The highest BCUT2D eigenvalue weighted by Gasteiger charge is 2.15. The smallest absolute Gasteiger partial charge is 0.222 e. The Morgan fingerprint density at radius 3 is 2.00 bits per heavy atom. The first kappa shape index (κ1) is 21.0. The van der Waals surface area contributed by atoms with Gasteiger partial charge in [-0.15, -0.1) is 0 Å². The minimum atomic E-state index is 0.321. The van der Waals surface area contributed by atoms with Crippen molar-refractivity contribution in [3.8, 4) is 0 Å². The number of nitrogens with zero attached hydrogens (tertiary/aromatic N) is 1. The van der Waals surface area contributed by atoms with Crippen molar-refractivity contribution in [2.75, 3.05) is 26.3 Å². The molecule has 0 aliphatic carbocycles. The van der Waals surface area contributed by atoms with Crippen LogP contribution in [0.3, 0.4) is 0 Å². The van der Waals surface area contributed by atoms with Crippen molar-refractivity contribution < 1.29 is 9.53 Å². The Morgan fingerprint density at radius 1 is 0.846 bits per heavy atom. The van der Waals surface area contributed by atoms with E-state index in [1.807, 2.05) is 4.90 Å². The minimum Gasteiger partial charge on any atom is -0.378 e. The average molecular weight is 360 g/mol. The molecule has 1 fully saturated rings. The standard InChI is InChI=1S/C23H37NO2/c1-21-13-15-22(16-14-21)11-9-7-5-3-2-4-6-8-10-12-23(25)24-17-19-26-20-18-24/h13-16H,2-12,17-20H2,1H3. The molecule has 1 saturated heterocycles. The number of aryl methyl sites for hydroxylation is 2. The molecular formula is C23H37NO2. The van der Waals surface area contributed by atoms with E-state index in [-0.39, 0.29) is 0 Å². The lowest BCUT2D eigenvalue weighted by atomic mass is 10.0. The maximum absolute atomic E-state index is 12.0. The van der Waals surface area contributed by atoms with Crippen LogP contribution < -0.4 is 0 Å². The lowest BCUT2D eigenvalue weighted by molar-refractivity contribution is -0.135. The summed E-state index contributed by atoms with van der Waals surface area (Å²) >= 11 is 0. The van der Waals surface area contributed by atoms with Gasteiger partial charge >= 0.3 is 0 Å². The van der Waals surface area contributed by atoms with Crippen LogP contribution in [0.1, 0.15) is 75.3 Å². The van der Waals surface area contributed by atoms with Gasteiger partial charge in [-0.05, 0) is 31.7 Å². The molecule has 1 aliphatic rings. The van der Waals surface area contributed by atoms with Gasteiger partial charge < -0.3 is 9.64 Å². The minimum absolute atomic E-state index is 0.321. The molecule has 0 bridgehead atoms. The summed E-state index contributed by atoms with van der Waals surface area (Å²) in [4.78, 5) is 14.0. The highest BCUT2D eigenvalue weighted by atomic mass is 16.5. The summed E-state index contributed by atoms with van der Waals surface area (Å²) in [6.07, 6.45) is 13.5. The van der Waals surface area contributed by atoms with Crippen LogP contribution in [-0.2, 0) is 16.0 Å². The van der Waals surface area contributed by atoms with Crippen LogP contribution in [0.25, 0.3) is 0 Å². The Morgan fingerprint density at radius 2 is 1.38 bits per heavy atom. The fourth-order valence-electron chi connectivity index (χ4n) is 3.57. The first-order chi connectivity index (χ1) is 12.8. The topological polar surface area (TPSA) is 29.5 Å². The quantitative estimate of drug-likeness (QED) is 0.474. The molecule has 146 valence electrons. The lowest BCUT2D eigenvalue weighted by Gasteiger charge is -2.26.